The predicted octanol–water partition coefficient (Wildman–Crippen LogP) is 4.78. The molecule has 0 unspecified atom stereocenters. The number of rotatable bonds is 5. The van der Waals surface area contributed by atoms with E-state index in [1.165, 1.54) is 11.6 Å². The third kappa shape index (κ3) is 4.75. The van der Waals surface area contributed by atoms with Gasteiger partial charge in [0.1, 0.15) is 6.61 Å². The first-order chi connectivity index (χ1) is 11.0. The molecular formula is C18H14BrClO3. The Morgan fingerprint density at radius 2 is 2.00 bits per heavy atom. The first kappa shape index (κ1) is 17.4. The number of carbonyl (C=O) groups excluding carboxylic acids is 1. The molecule has 0 aliphatic carbocycles. The Kier molecular flexibility index (Phi) is 6.09. The molecule has 0 saturated carbocycles. The van der Waals surface area contributed by atoms with E-state index in [0.29, 0.717) is 27.4 Å². The van der Waals surface area contributed by atoms with Gasteiger partial charge < -0.3 is 9.47 Å². The van der Waals surface area contributed by atoms with Crippen LogP contribution in [0.15, 0.2) is 40.9 Å². The van der Waals surface area contributed by atoms with Crippen molar-refractivity contribution in [2.75, 3.05) is 6.61 Å². The van der Waals surface area contributed by atoms with Gasteiger partial charge in [0, 0.05) is 0 Å². The average molecular weight is 394 g/mol. The van der Waals surface area contributed by atoms with Crippen LogP contribution in [0.5, 0.6) is 5.75 Å². The lowest BCUT2D eigenvalue weighted by Crippen LogP contribution is -2.06. The Bertz CT molecular complexity index is 725. The van der Waals surface area contributed by atoms with Crippen molar-refractivity contribution in [3.63, 3.8) is 0 Å². The summed E-state index contributed by atoms with van der Waals surface area (Å²) in [5.74, 6) is 2.18. The number of benzene rings is 2. The van der Waals surface area contributed by atoms with E-state index in [0.717, 1.165) is 5.56 Å². The van der Waals surface area contributed by atoms with Crippen LogP contribution >= 0.6 is 27.5 Å². The van der Waals surface area contributed by atoms with Crippen molar-refractivity contribution in [1.82, 2.24) is 0 Å². The van der Waals surface area contributed by atoms with Crippen molar-refractivity contribution in [3.8, 4) is 18.1 Å². The highest BCUT2D eigenvalue weighted by Gasteiger charge is 2.15. The van der Waals surface area contributed by atoms with Crippen LogP contribution in [0.25, 0.3) is 0 Å². The zero-order valence-electron chi connectivity index (χ0n) is 12.4. The molecule has 0 aliphatic rings. The van der Waals surface area contributed by atoms with E-state index in [1.807, 2.05) is 31.2 Å². The topological polar surface area (TPSA) is 35.5 Å². The molecule has 0 heterocycles. The number of hydrogen-bond donors (Lipinski definition) is 0. The normalized spacial score (nSPS) is 10.0. The first-order valence-electron chi connectivity index (χ1n) is 6.79. The van der Waals surface area contributed by atoms with Crippen molar-refractivity contribution in [1.29, 1.82) is 0 Å². The summed E-state index contributed by atoms with van der Waals surface area (Å²) in [5, 5.41) is 0.319. The predicted molar refractivity (Wildman–Crippen MR) is 93.8 cm³/mol. The summed E-state index contributed by atoms with van der Waals surface area (Å²) in [5.41, 5.74) is 2.51. The number of halogens is 2. The van der Waals surface area contributed by atoms with Gasteiger partial charge in [0.25, 0.3) is 0 Å². The molecule has 0 aliphatic heterocycles. The van der Waals surface area contributed by atoms with E-state index in [-0.39, 0.29) is 6.61 Å². The molecule has 2 aromatic carbocycles. The van der Waals surface area contributed by atoms with Gasteiger partial charge in [-0.25, -0.2) is 4.79 Å². The van der Waals surface area contributed by atoms with Crippen LogP contribution < -0.4 is 4.74 Å². The highest BCUT2D eigenvalue weighted by atomic mass is 79.9. The second-order valence-electron chi connectivity index (χ2n) is 4.82. The summed E-state index contributed by atoms with van der Waals surface area (Å²) in [6.07, 6.45) is 5.06. The minimum atomic E-state index is -0.532. The van der Waals surface area contributed by atoms with Crippen molar-refractivity contribution < 1.29 is 14.3 Å². The van der Waals surface area contributed by atoms with E-state index in [9.17, 15) is 4.79 Å². The molecule has 118 valence electrons. The van der Waals surface area contributed by atoms with Crippen molar-refractivity contribution in [3.05, 3.63) is 62.6 Å². The molecule has 0 fully saturated rings. The fourth-order valence-electron chi connectivity index (χ4n) is 1.85. The standard InChI is InChI=1S/C18H14BrClO3/c1-3-8-22-18(21)14-9-15(19)17(16(20)10-14)23-11-13-6-4-12(2)5-7-13/h1,4-7,9-10H,8,11H2,2H3. The Balaban J connectivity index is 2.12. The monoisotopic (exact) mass is 392 g/mol. The first-order valence-corrected chi connectivity index (χ1v) is 7.96. The van der Waals surface area contributed by atoms with Gasteiger partial charge in [-0.1, -0.05) is 47.4 Å². The van der Waals surface area contributed by atoms with Crippen LogP contribution in [-0.2, 0) is 11.3 Å². The molecule has 0 bridgehead atoms. The van der Waals surface area contributed by atoms with Gasteiger partial charge in [0.05, 0.1) is 15.1 Å². The highest BCUT2D eigenvalue weighted by Crippen LogP contribution is 2.35. The van der Waals surface area contributed by atoms with E-state index in [2.05, 4.69) is 21.9 Å². The minimum absolute atomic E-state index is 0.0836. The van der Waals surface area contributed by atoms with Crippen LogP contribution in [0, 0.1) is 19.3 Å². The van der Waals surface area contributed by atoms with Crippen LogP contribution in [0.4, 0.5) is 0 Å². The van der Waals surface area contributed by atoms with Crippen LogP contribution in [0.2, 0.25) is 5.02 Å². The Hall–Kier alpha value is -1.96. The Morgan fingerprint density at radius 1 is 1.30 bits per heavy atom. The minimum Gasteiger partial charge on any atom is -0.486 e. The van der Waals surface area contributed by atoms with Gasteiger partial charge in [-0.05, 0) is 40.5 Å². The summed E-state index contributed by atoms with van der Waals surface area (Å²) in [4.78, 5) is 11.8. The number of terminal acetylenes is 1. The zero-order valence-corrected chi connectivity index (χ0v) is 14.8. The lowest BCUT2D eigenvalue weighted by molar-refractivity contribution is 0.0556. The third-order valence-electron chi connectivity index (χ3n) is 3.02. The molecule has 3 nitrogen and oxygen atoms in total. The highest BCUT2D eigenvalue weighted by molar-refractivity contribution is 9.10. The average Bonchev–Trinajstić information content (AvgIpc) is 2.53. The molecule has 0 saturated heterocycles. The molecule has 23 heavy (non-hydrogen) atoms. The molecule has 2 aromatic rings. The molecule has 0 spiro atoms. The summed E-state index contributed by atoms with van der Waals surface area (Å²) in [6, 6.07) is 11.1. The molecule has 5 heteroatoms. The molecular weight excluding hydrogens is 380 g/mol. The fourth-order valence-corrected chi connectivity index (χ4v) is 2.81. The van der Waals surface area contributed by atoms with Gasteiger partial charge in [-0.2, -0.15) is 0 Å². The largest absolute Gasteiger partial charge is 0.486 e. The maximum absolute atomic E-state index is 11.8. The van der Waals surface area contributed by atoms with Gasteiger partial charge in [0.15, 0.2) is 12.4 Å². The van der Waals surface area contributed by atoms with Crippen LogP contribution in [-0.4, -0.2) is 12.6 Å². The van der Waals surface area contributed by atoms with Crippen molar-refractivity contribution >= 4 is 33.5 Å². The summed E-state index contributed by atoms with van der Waals surface area (Å²) >= 11 is 9.56. The molecule has 0 amide bonds. The Morgan fingerprint density at radius 3 is 2.61 bits per heavy atom. The van der Waals surface area contributed by atoms with E-state index in [4.69, 9.17) is 27.5 Å². The van der Waals surface area contributed by atoms with Crippen LogP contribution in [0.3, 0.4) is 0 Å². The van der Waals surface area contributed by atoms with Crippen molar-refractivity contribution in [2.45, 2.75) is 13.5 Å². The van der Waals surface area contributed by atoms with E-state index >= 15 is 0 Å². The Labute approximate surface area is 148 Å². The smallest absolute Gasteiger partial charge is 0.339 e. The fraction of sp³-hybridized carbons (Fsp3) is 0.167. The quantitative estimate of drug-likeness (QED) is 0.542. The molecule has 0 N–H and O–H groups in total. The molecule has 2 rings (SSSR count). The lowest BCUT2D eigenvalue weighted by atomic mass is 10.2. The van der Waals surface area contributed by atoms with Gasteiger partial charge in [-0.15, -0.1) is 6.42 Å². The maximum atomic E-state index is 11.8. The second-order valence-corrected chi connectivity index (χ2v) is 6.09. The number of carbonyl (C=O) groups is 1. The summed E-state index contributed by atoms with van der Waals surface area (Å²) in [7, 11) is 0. The number of ether oxygens (including phenoxy) is 2. The van der Waals surface area contributed by atoms with Gasteiger partial charge in [0.2, 0.25) is 0 Å². The van der Waals surface area contributed by atoms with E-state index in [1.54, 1.807) is 6.07 Å². The summed E-state index contributed by atoms with van der Waals surface area (Å²) in [6.45, 7) is 2.31. The van der Waals surface area contributed by atoms with E-state index < -0.39 is 5.97 Å². The number of esters is 1. The maximum Gasteiger partial charge on any atom is 0.339 e. The molecule has 0 atom stereocenters. The molecule has 0 aromatic heterocycles. The van der Waals surface area contributed by atoms with Gasteiger partial charge >= 0.3 is 5.97 Å². The van der Waals surface area contributed by atoms with Crippen LogP contribution in [0.1, 0.15) is 21.5 Å². The zero-order chi connectivity index (χ0) is 16.8. The lowest BCUT2D eigenvalue weighted by Gasteiger charge is -2.12. The molecule has 0 radical (unpaired) electrons. The second kappa shape index (κ2) is 8.05. The van der Waals surface area contributed by atoms with Gasteiger partial charge in [-0.3, -0.25) is 0 Å². The SMILES string of the molecule is C#CCOC(=O)c1cc(Cl)c(OCc2ccc(C)cc2)c(Br)c1. The number of hydrogen-bond acceptors (Lipinski definition) is 3. The number of aryl methyl sites for hydroxylation is 1. The summed E-state index contributed by atoms with van der Waals surface area (Å²) < 4.78 is 11.2. The third-order valence-corrected chi connectivity index (χ3v) is 3.89. The van der Waals surface area contributed by atoms with Crippen molar-refractivity contribution in [2.24, 2.45) is 0 Å².